The van der Waals surface area contributed by atoms with Crippen molar-refractivity contribution in [1.82, 2.24) is 13.7 Å². The van der Waals surface area contributed by atoms with Gasteiger partial charge in [-0.15, -0.1) is 0 Å². The standard InChI is InChI=1S/C62H37N3O2/c1-2-13-41(14-3-1)65-61-44(19-12-20-50(61)60-49-18-7-11-24-58(49)67-62(60)65)38-25-29-42(30-26-38)63-53-21-8-4-15-45(53)51-35-39(27-33-55(51)63)40-28-34-56-52(36-40)46-16-5-9-22-54(46)64(56)43-31-32-48-47-17-6-10-23-57(47)66-59(48)37-43/h1-37H. The number of rotatable bonds is 5. The minimum Gasteiger partial charge on any atom is -0.456 e. The summed E-state index contributed by atoms with van der Waals surface area (Å²) < 4.78 is 20.0. The largest absolute Gasteiger partial charge is 0.456 e. The van der Waals surface area contributed by atoms with Gasteiger partial charge in [-0.25, -0.2) is 0 Å². The lowest BCUT2D eigenvalue weighted by Crippen LogP contribution is -1.96. The Labute approximate surface area is 383 Å². The van der Waals surface area contributed by atoms with Crippen LogP contribution in [0.5, 0.6) is 0 Å². The fourth-order valence-corrected chi connectivity index (χ4v) is 11.1. The molecule has 0 N–H and O–H groups in total. The Kier molecular flexibility index (Phi) is 7.44. The van der Waals surface area contributed by atoms with Crippen LogP contribution in [-0.2, 0) is 0 Å². The van der Waals surface area contributed by atoms with E-state index in [-0.39, 0.29) is 0 Å². The molecule has 0 aliphatic rings. The number of hydrogen-bond donors (Lipinski definition) is 0. The van der Waals surface area contributed by atoms with Gasteiger partial charge in [0.25, 0.3) is 0 Å². The molecule has 312 valence electrons. The highest BCUT2D eigenvalue weighted by atomic mass is 16.3. The summed E-state index contributed by atoms with van der Waals surface area (Å²) in [5.41, 5.74) is 17.3. The summed E-state index contributed by atoms with van der Waals surface area (Å²) in [6.07, 6.45) is 0. The molecule has 5 nitrogen and oxygen atoms in total. The van der Waals surface area contributed by atoms with Gasteiger partial charge in [0.2, 0.25) is 5.71 Å². The summed E-state index contributed by atoms with van der Waals surface area (Å²) in [7, 11) is 0. The molecule has 0 fully saturated rings. The molecule has 15 rings (SSSR count). The molecule has 15 aromatic rings. The Morgan fingerprint density at radius 3 is 1.48 bits per heavy atom. The van der Waals surface area contributed by atoms with Crippen LogP contribution in [0.4, 0.5) is 0 Å². The van der Waals surface area contributed by atoms with Crippen LogP contribution >= 0.6 is 0 Å². The van der Waals surface area contributed by atoms with Gasteiger partial charge < -0.3 is 18.0 Å². The molecule has 5 aromatic heterocycles. The predicted octanol–water partition coefficient (Wildman–Crippen LogP) is 17.0. The minimum absolute atomic E-state index is 0.861. The molecule has 5 heterocycles. The summed E-state index contributed by atoms with van der Waals surface area (Å²) in [5, 5.41) is 10.6. The summed E-state index contributed by atoms with van der Waals surface area (Å²) in [6.45, 7) is 0. The third kappa shape index (κ3) is 5.19. The lowest BCUT2D eigenvalue weighted by molar-refractivity contribution is 0.645. The quantitative estimate of drug-likeness (QED) is 0.173. The van der Waals surface area contributed by atoms with E-state index in [4.69, 9.17) is 8.83 Å². The third-order valence-electron chi connectivity index (χ3n) is 14.1. The Bertz CT molecular complexity index is 4500. The number of benzene rings is 10. The van der Waals surface area contributed by atoms with E-state index >= 15 is 0 Å². The molecule has 0 bridgehead atoms. The van der Waals surface area contributed by atoms with Crippen LogP contribution < -0.4 is 0 Å². The first-order chi connectivity index (χ1) is 33.2. The van der Waals surface area contributed by atoms with Crippen molar-refractivity contribution >= 4 is 98.5 Å². The minimum atomic E-state index is 0.861. The topological polar surface area (TPSA) is 41.1 Å². The van der Waals surface area contributed by atoms with E-state index in [1.165, 1.54) is 54.6 Å². The fourth-order valence-electron chi connectivity index (χ4n) is 11.1. The maximum Gasteiger partial charge on any atom is 0.213 e. The first kappa shape index (κ1) is 36.3. The van der Waals surface area contributed by atoms with Gasteiger partial charge in [-0.3, -0.25) is 4.57 Å². The zero-order chi connectivity index (χ0) is 43.7. The number of fused-ring (bicyclic) bond motifs is 14. The van der Waals surface area contributed by atoms with E-state index in [0.29, 0.717) is 0 Å². The fraction of sp³-hybridized carbons (Fsp3) is 0. The van der Waals surface area contributed by atoms with E-state index in [1.54, 1.807) is 0 Å². The Morgan fingerprint density at radius 2 is 0.776 bits per heavy atom. The lowest BCUT2D eigenvalue weighted by Gasteiger charge is -2.13. The van der Waals surface area contributed by atoms with Crippen LogP contribution in [0, 0.1) is 0 Å². The highest BCUT2D eigenvalue weighted by molar-refractivity contribution is 6.22. The molecule has 0 aliphatic heterocycles. The molecule has 0 radical (unpaired) electrons. The molecule has 0 amide bonds. The van der Waals surface area contributed by atoms with E-state index in [2.05, 4.69) is 220 Å². The van der Waals surface area contributed by atoms with Gasteiger partial charge in [-0.2, -0.15) is 0 Å². The molecule has 0 aliphatic carbocycles. The van der Waals surface area contributed by atoms with E-state index in [1.807, 2.05) is 18.2 Å². The molecule has 5 heteroatoms. The van der Waals surface area contributed by atoms with Crippen molar-refractivity contribution in [3.05, 3.63) is 224 Å². The van der Waals surface area contributed by atoms with Gasteiger partial charge in [-0.1, -0.05) is 133 Å². The normalized spacial score (nSPS) is 12.2. The zero-order valence-corrected chi connectivity index (χ0v) is 36.0. The monoisotopic (exact) mass is 855 g/mol. The average molecular weight is 856 g/mol. The van der Waals surface area contributed by atoms with Gasteiger partial charge in [0.05, 0.1) is 33.0 Å². The van der Waals surface area contributed by atoms with Gasteiger partial charge in [0, 0.05) is 71.8 Å². The summed E-state index contributed by atoms with van der Waals surface area (Å²) in [4.78, 5) is 0. The van der Waals surface area contributed by atoms with Gasteiger partial charge in [0.1, 0.15) is 16.7 Å². The van der Waals surface area contributed by atoms with Crippen molar-refractivity contribution < 1.29 is 8.83 Å². The van der Waals surface area contributed by atoms with Crippen LogP contribution in [0.25, 0.3) is 138 Å². The third-order valence-corrected chi connectivity index (χ3v) is 14.1. The van der Waals surface area contributed by atoms with Crippen molar-refractivity contribution in [2.75, 3.05) is 0 Å². The molecule has 0 saturated carbocycles. The van der Waals surface area contributed by atoms with Crippen molar-refractivity contribution in [1.29, 1.82) is 0 Å². The van der Waals surface area contributed by atoms with Crippen molar-refractivity contribution in [2.45, 2.75) is 0 Å². The number of hydrogen-bond acceptors (Lipinski definition) is 2. The number of furan rings is 2. The number of aromatic nitrogens is 3. The second-order valence-electron chi connectivity index (χ2n) is 17.6. The number of para-hydroxylation sites is 6. The van der Waals surface area contributed by atoms with Crippen LogP contribution in [0.15, 0.2) is 233 Å². The lowest BCUT2D eigenvalue weighted by atomic mass is 10.0. The average Bonchev–Trinajstić information content (AvgIpc) is 4.19. The molecule has 0 atom stereocenters. The van der Waals surface area contributed by atoms with Gasteiger partial charge >= 0.3 is 0 Å². The van der Waals surface area contributed by atoms with Gasteiger partial charge in [0.15, 0.2) is 0 Å². The maximum absolute atomic E-state index is 6.63. The highest BCUT2D eigenvalue weighted by Gasteiger charge is 2.23. The second-order valence-corrected chi connectivity index (χ2v) is 17.6. The van der Waals surface area contributed by atoms with E-state index in [0.717, 1.165) is 83.2 Å². The smallest absolute Gasteiger partial charge is 0.213 e. The van der Waals surface area contributed by atoms with Crippen LogP contribution in [0.1, 0.15) is 0 Å². The summed E-state index contributed by atoms with van der Waals surface area (Å²) in [6, 6.07) is 80.8. The highest BCUT2D eigenvalue weighted by Crippen LogP contribution is 2.44. The second kappa shape index (κ2) is 13.7. The summed E-state index contributed by atoms with van der Waals surface area (Å²) >= 11 is 0. The molecular weight excluding hydrogens is 819 g/mol. The Hall–Kier alpha value is -9.06. The molecule has 0 unspecified atom stereocenters. The van der Waals surface area contributed by atoms with Crippen molar-refractivity contribution in [3.63, 3.8) is 0 Å². The Balaban J connectivity index is 0.845. The molecular formula is C62H37N3O2. The maximum atomic E-state index is 6.63. The van der Waals surface area contributed by atoms with Crippen LogP contribution in [0.3, 0.4) is 0 Å². The zero-order valence-electron chi connectivity index (χ0n) is 36.0. The molecule has 10 aromatic carbocycles. The molecule has 0 saturated heterocycles. The van der Waals surface area contributed by atoms with Crippen LogP contribution in [0.2, 0.25) is 0 Å². The molecule has 0 spiro atoms. The van der Waals surface area contributed by atoms with Crippen LogP contribution in [-0.4, -0.2) is 13.7 Å². The van der Waals surface area contributed by atoms with E-state index < -0.39 is 0 Å². The first-order valence-electron chi connectivity index (χ1n) is 22.8. The van der Waals surface area contributed by atoms with Crippen molar-refractivity contribution in [2.24, 2.45) is 0 Å². The Morgan fingerprint density at radius 1 is 0.269 bits per heavy atom. The van der Waals surface area contributed by atoms with E-state index in [9.17, 15) is 0 Å². The van der Waals surface area contributed by atoms with Gasteiger partial charge in [-0.05, 0) is 102 Å². The summed E-state index contributed by atoms with van der Waals surface area (Å²) in [5.74, 6) is 0. The molecule has 67 heavy (non-hydrogen) atoms. The first-order valence-corrected chi connectivity index (χ1v) is 22.8. The predicted molar refractivity (Wildman–Crippen MR) is 277 cm³/mol. The number of nitrogens with zero attached hydrogens (tertiary/aromatic N) is 3. The van der Waals surface area contributed by atoms with Crippen molar-refractivity contribution in [3.8, 4) is 39.3 Å². The SMILES string of the molecule is c1ccc(-n2c3oc4ccccc4c3c3cccc(-c4ccc(-n5c6ccccc6c6cc(-c7ccc8c(c7)c7ccccc7n8-c7ccc8c(c7)oc7ccccc78)ccc65)cc4)c32)cc1.